The van der Waals surface area contributed by atoms with Crippen LogP contribution in [0.4, 0.5) is 0 Å². The van der Waals surface area contributed by atoms with Gasteiger partial charge in [-0.15, -0.1) is 0 Å². The molecule has 2 rings (SSSR count). The van der Waals surface area contributed by atoms with Crippen LogP contribution in [-0.4, -0.2) is 22.7 Å². The number of nitrogens with zero attached hydrogens (tertiary/aromatic N) is 2. The van der Waals surface area contributed by atoms with Gasteiger partial charge in [0.25, 0.3) is 0 Å². The van der Waals surface area contributed by atoms with Gasteiger partial charge in [0, 0.05) is 12.7 Å². The number of nitrogens with one attached hydrogen (secondary N) is 1. The minimum atomic E-state index is 0.633. The second-order valence-electron chi connectivity index (χ2n) is 5.35. The Morgan fingerprint density at radius 3 is 3.06 bits per heavy atom. The fourth-order valence-electron chi connectivity index (χ4n) is 1.67. The molecule has 17 heavy (non-hydrogen) atoms. The smallest absolute Gasteiger partial charge is 0.123 e. The van der Waals surface area contributed by atoms with Crippen molar-refractivity contribution in [1.29, 1.82) is 0 Å². The summed E-state index contributed by atoms with van der Waals surface area (Å²) in [6.07, 6.45) is 6.59. The summed E-state index contributed by atoms with van der Waals surface area (Å²) in [6.45, 7) is 7.82. The van der Waals surface area contributed by atoms with Crippen molar-refractivity contribution in [3.63, 3.8) is 0 Å². The molecule has 1 aromatic rings. The van der Waals surface area contributed by atoms with E-state index < -0.39 is 0 Å². The van der Waals surface area contributed by atoms with Crippen LogP contribution < -0.4 is 5.32 Å². The molecule has 4 nitrogen and oxygen atoms in total. The summed E-state index contributed by atoms with van der Waals surface area (Å²) in [7, 11) is 0. The van der Waals surface area contributed by atoms with Crippen LogP contribution in [0.15, 0.2) is 12.5 Å². The van der Waals surface area contributed by atoms with Gasteiger partial charge in [-0.3, -0.25) is 0 Å². The summed E-state index contributed by atoms with van der Waals surface area (Å²) in [5.41, 5.74) is 1.08. The second kappa shape index (κ2) is 6.17. The summed E-state index contributed by atoms with van der Waals surface area (Å²) in [4.78, 5) is 4.35. The maximum absolute atomic E-state index is 5.60. The Balaban J connectivity index is 1.63. The van der Waals surface area contributed by atoms with Crippen molar-refractivity contribution in [2.24, 2.45) is 11.8 Å². The molecule has 1 N–H and O–H groups in total. The molecule has 0 radical (unpaired) electrons. The van der Waals surface area contributed by atoms with E-state index in [0.717, 1.165) is 31.3 Å². The summed E-state index contributed by atoms with van der Waals surface area (Å²) in [5.74, 6) is 1.50. The quantitative estimate of drug-likeness (QED) is 0.751. The van der Waals surface area contributed by atoms with E-state index in [4.69, 9.17) is 4.74 Å². The number of hydrogen-bond donors (Lipinski definition) is 1. The van der Waals surface area contributed by atoms with Crippen molar-refractivity contribution in [3.8, 4) is 0 Å². The van der Waals surface area contributed by atoms with Gasteiger partial charge >= 0.3 is 0 Å². The zero-order chi connectivity index (χ0) is 12.1. The van der Waals surface area contributed by atoms with Gasteiger partial charge in [-0.2, -0.15) is 0 Å². The molecule has 1 aliphatic carbocycles. The molecule has 0 bridgehead atoms. The van der Waals surface area contributed by atoms with Crippen LogP contribution in [0.1, 0.15) is 32.4 Å². The maximum atomic E-state index is 5.60. The van der Waals surface area contributed by atoms with Gasteiger partial charge in [-0.1, -0.05) is 13.8 Å². The lowest BCUT2D eigenvalue weighted by Crippen LogP contribution is -2.19. The molecule has 1 heterocycles. The van der Waals surface area contributed by atoms with Gasteiger partial charge in [0.2, 0.25) is 0 Å². The number of ether oxygens (including phenoxy) is 1. The third-order valence-corrected chi connectivity index (χ3v) is 2.84. The van der Waals surface area contributed by atoms with Gasteiger partial charge in [0.1, 0.15) is 6.73 Å². The molecular weight excluding hydrogens is 214 g/mol. The fourth-order valence-corrected chi connectivity index (χ4v) is 1.67. The van der Waals surface area contributed by atoms with Crippen LogP contribution in [0.2, 0.25) is 0 Å². The number of rotatable bonds is 8. The van der Waals surface area contributed by atoms with Crippen LogP contribution in [0, 0.1) is 11.8 Å². The highest BCUT2D eigenvalue weighted by atomic mass is 16.5. The molecule has 0 unspecified atom stereocenters. The largest absolute Gasteiger partial charge is 0.360 e. The molecule has 1 aromatic heterocycles. The summed E-state index contributed by atoms with van der Waals surface area (Å²) in [5, 5.41) is 3.38. The first-order chi connectivity index (χ1) is 8.24. The molecule has 96 valence electrons. The van der Waals surface area contributed by atoms with Crippen molar-refractivity contribution in [1.82, 2.24) is 14.9 Å². The summed E-state index contributed by atoms with van der Waals surface area (Å²) in [6, 6.07) is 0. The first-order valence-electron chi connectivity index (χ1n) is 6.53. The van der Waals surface area contributed by atoms with Gasteiger partial charge in [-0.05, 0) is 31.2 Å². The number of aromatic nitrogens is 2. The van der Waals surface area contributed by atoms with Crippen molar-refractivity contribution in [3.05, 3.63) is 18.2 Å². The number of hydrogen-bond acceptors (Lipinski definition) is 3. The third-order valence-electron chi connectivity index (χ3n) is 2.84. The number of imidazole rings is 1. The van der Waals surface area contributed by atoms with Crippen LogP contribution in [-0.2, 0) is 18.0 Å². The summed E-state index contributed by atoms with van der Waals surface area (Å²) < 4.78 is 7.61. The lowest BCUT2D eigenvalue weighted by Gasteiger charge is -2.05. The molecule has 0 aromatic carbocycles. The first kappa shape index (κ1) is 12.6. The Kier molecular flexibility index (Phi) is 4.57. The molecule has 0 atom stereocenters. The zero-order valence-corrected chi connectivity index (χ0v) is 10.9. The molecule has 1 aliphatic rings. The van der Waals surface area contributed by atoms with Gasteiger partial charge in [0.05, 0.1) is 18.6 Å². The average Bonchev–Trinajstić information content (AvgIpc) is 2.98. The van der Waals surface area contributed by atoms with Crippen LogP contribution >= 0.6 is 0 Å². The molecule has 1 fully saturated rings. The van der Waals surface area contributed by atoms with Gasteiger partial charge in [0.15, 0.2) is 0 Å². The van der Waals surface area contributed by atoms with E-state index in [1.807, 2.05) is 10.9 Å². The van der Waals surface area contributed by atoms with Gasteiger partial charge in [-0.25, -0.2) is 4.98 Å². The molecule has 0 aliphatic heterocycles. The van der Waals surface area contributed by atoms with Crippen LogP contribution in [0.3, 0.4) is 0 Å². The highest BCUT2D eigenvalue weighted by Crippen LogP contribution is 2.28. The lowest BCUT2D eigenvalue weighted by atomic mass is 10.2. The minimum Gasteiger partial charge on any atom is -0.360 e. The normalized spacial score (nSPS) is 15.7. The predicted molar refractivity (Wildman–Crippen MR) is 67.4 cm³/mol. The minimum absolute atomic E-state index is 0.633. The standard InChI is InChI=1S/C13H23N3O/c1-11(2)5-14-6-13-7-16(9-15-13)10-17-8-12-3-4-12/h7,9,11-12,14H,3-6,8,10H2,1-2H3. The third kappa shape index (κ3) is 4.88. The van der Waals surface area contributed by atoms with Crippen molar-refractivity contribution < 1.29 is 4.74 Å². The Morgan fingerprint density at radius 1 is 1.53 bits per heavy atom. The second-order valence-corrected chi connectivity index (χ2v) is 5.35. The zero-order valence-electron chi connectivity index (χ0n) is 10.9. The highest BCUT2D eigenvalue weighted by Gasteiger charge is 2.20. The Bertz CT molecular complexity index is 309. The van der Waals surface area contributed by atoms with E-state index in [0.29, 0.717) is 12.6 Å². The molecule has 0 spiro atoms. The van der Waals surface area contributed by atoms with E-state index >= 15 is 0 Å². The van der Waals surface area contributed by atoms with Crippen molar-refractivity contribution >= 4 is 0 Å². The van der Waals surface area contributed by atoms with E-state index in [-0.39, 0.29) is 0 Å². The Morgan fingerprint density at radius 2 is 2.35 bits per heavy atom. The summed E-state index contributed by atoms with van der Waals surface area (Å²) >= 11 is 0. The molecule has 0 amide bonds. The van der Waals surface area contributed by atoms with Crippen molar-refractivity contribution in [2.75, 3.05) is 13.2 Å². The maximum Gasteiger partial charge on any atom is 0.123 e. The highest BCUT2D eigenvalue weighted by molar-refractivity contribution is 4.95. The van der Waals surface area contributed by atoms with E-state index in [9.17, 15) is 0 Å². The fraction of sp³-hybridized carbons (Fsp3) is 0.769. The first-order valence-corrected chi connectivity index (χ1v) is 6.53. The van der Waals surface area contributed by atoms with E-state index in [1.165, 1.54) is 12.8 Å². The molecule has 1 saturated carbocycles. The molecular formula is C13H23N3O. The predicted octanol–water partition coefficient (Wildman–Crippen LogP) is 2.01. The molecule has 0 saturated heterocycles. The van der Waals surface area contributed by atoms with E-state index in [2.05, 4.69) is 30.3 Å². The lowest BCUT2D eigenvalue weighted by molar-refractivity contribution is 0.0689. The SMILES string of the molecule is CC(C)CNCc1cn(COCC2CC2)cn1. The van der Waals surface area contributed by atoms with Crippen LogP contribution in [0.5, 0.6) is 0 Å². The van der Waals surface area contributed by atoms with E-state index in [1.54, 1.807) is 0 Å². The molecule has 4 heteroatoms. The van der Waals surface area contributed by atoms with Crippen molar-refractivity contribution in [2.45, 2.75) is 40.0 Å². The Hall–Kier alpha value is -0.870. The van der Waals surface area contributed by atoms with Gasteiger partial charge < -0.3 is 14.6 Å². The monoisotopic (exact) mass is 237 g/mol. The topological polar surface area (TPSA) is 39.1 Å². The Labute approximate surface area is 103 Å². The van der Waals surface area contributed by atoms with Crippen LogP contribution in [0.25, 0.3) is 0 Å². The average molecular weight is 237 g/mol.